The lowest BCUT2D eigenvalue weighted by atomic mass is 10.0. The van der Waals surface area contributed by atoms with Crippen molar-refractivity contribution < 1.29 is 0 Å². The fourth-order valence-electron chi connectivity index (χ4n) is 1.84. The fourth-order valence-corrected chi connectivity index (χ4v) is 1.84. The van der Waals surface area contributed by atoms with E-state index in [4.69, 9.17) is 5.73 Å². The highest BCUT2D eigenvalue weighted by atomic mass is 15.3. The standard InChI is InChI=1S/C13H18N4/c1-10-15-16-12(9-13(2,3)14)17(10)11-7-5-4-6-8-11/h4-8H,9,14H2,1-3H3. The molecule has 1 aromatic carbocycles. The van der Waals surface area contributed by atoms with E-state index in [1.54, 1.807) is 0 Å². The molecule has 0 atom stereocenters. The van der Waals surface area contributed by atoms with Crippen LogP contribution in [0.3, 0.4) is 0 Å². The predicted octanol–water partition coefficient (Wildman–Crippen LogP) is 1.86. The highest BCUT2D eigenvalue weighted by Gasteiger charge is 2.18. The van der Waals surface area contributed by atoms with E-state index in [9.17, 15) is 0 Å². The number of hydrogen-bond donors (Lipinski definition) is 1. The van der Waals surface area contributed by atoms with Crippen LogP contribution in [0.25, 0.3) is 5.69 Å². The van der Waals surface area contributed by atoms with E-state index >= 15 is 0 Å². The van der Waals surface area contributed by atoms with Crippen molar-refractivity contribution in [1.82, 2.24) is 14.8 Å². The van der Waals surface area contributed by atoms with Gasteiger partial charge in [0, 0.05) is 17.6 Å². The second-order valence-electron chi connectivity index (χ2n) is 5.00. The number of para-hydroxylation sites is 1. The molecular weight excluding hydrogens is 212 g/mol. The summed E-state index contributed by atoms with van der Waals surface area (Å²) in [5, 5.41) is 8.34. The largest absolute Gasteiger partial charge is 0.325 e. The molecule has 0 aliphatic carbocycles. The topological polar surface area (TPSA) is 56.7 Å². The number of nitrogens with zero attached hydrogens (tertiary/aromatic N) is 3. The van der Waals surface area contributed by atoms with E-state index < -0.39 is 0 Å². The lowest BCUT2D eigenvalue weighted by Crippen LogP contribution is -2.35. The maximum atomic E-state index is 6.04. The van der Waals surface area contributed by atoms with Gasteiger partial charge in [0.1, 0.15) is 11.6 Å². The summed E-state index contributed by atoms with van der Waals surface area (Å²) in [6.07, 6.45) is 0.697. The van der Waals surface area contributed by atoms with Gasteiger partial charge in [0.05, 0.1) is 0 Å². The molecule has 4 heteroatoms. The van der Waals surface area contributed by atoms with Crippen LogP contribution in [0.15, 0.2) is 30.3 Å². The first-order valence-corrected chi connectivity index (χ1v) is 5.72. The molecule has 0 unspecified atom stereocenters. The second-order valence-corrected chi connectivity index (χ2v) is 5.00. The third-order valence-corrected chi connectivity index (χ3v) is 2.52. The molecule has 0 fully saturated rings. The zero-order valence-electron chi connectivity index (χ0n) is 10.5. The van der Waals surface area contributed by atoms with Gasteiger partial charge in [0.15, 0.2) is 0 Å². The second kappa shape index (κ2) is 4.30. The zero-order valence-corrected chi connectivity index (χ0v) is 10.5. The zero-order chi connectivity index (χ0) is 12.5. The summed E-state index contributed by atoms with van der Waals surface area (Å²) < 4.78 is 2.05. The normalized spacial score (nSPS) is 11.8. The summed E-state index contributed by atoms with van der Waals surface area (Å²) in [6, 6.07) is 10.1. The Balaban J connectivity index is 2.44. The molecule has 0 amide bonds. The molecule has 1 aromatic heterocycles. The van der Waals surface area contributed by atoms with Gasteiger partial charge in [-0.3, -0.25) is 4.57 Å². The Morgan fingerprint density at radius 3 is 2.41 bits per heavy atom. The molecule has 0 radical (unpaired) electrons. The monoisotopic (exact) mass is 230 g/mol. The van der Waals surface area contributed by atoms with Gasteiger partial charge in [0.2, 0.25) is 0 Å². The minimum atomic E-state index is -0.286. The lowest BCUT2D eigenvalue weighted by molar-refractivity contribution is 0.497. The molecule has 0 saturated carbocycles. The van der Waals surface area contributed by atoms with E-state index in [0.717, 1.165) is 17.3 Å². The molecule has 0 aliphatic rings. The molecule has 2 aromatic rings. The minimum Gasteiger partial charge on any atom is -0.325 e. The van der Waals surface area contributed by atoms with Gasteiger partial charge in [-0.05, 0) is 32.9 Å². The fraction of sp³-hybridized carbons (Fsp3) is 0.385. The molecule has 1 heterocycles. The summed E-state index contributed by atoms with van der Waals surface area (Å²) in [5.74, 6) is 1.79. The number of aromatic nitrogens is 3. The summed E-state index contributed by atoms with van der Waals surface area (Å²) in [7, 11) is 0. The van der Waals surface area contributed by atoms with Gasteiger partial charge in [-0.2, -0.15) is 0 Å². The van der Waals surface area contributed by atoms with Crippen LogP contribution in [0, 0.1) is 6.92 Å². The predicted molar refractivity (Wildman–Crippen MR) is 68.1 cm³/mol. The molecule has 4 nitrogen and oxygen atoms in total. The van der Waals surface area contributed by atoms with Gasteiger partial charge in [-0.25, -0.2) is 0 Å². The van der Waals surface area contributed by atoms with E-state index in [2.05, 4.69) is 14.8 Å². The molecule has 17 heavy (non-hydrogen) atoms. The van der Waals surface area contributed by atoms with Gasteiger partial charge in [0.25, 0.3) is 0 Å². The Morgan fingerprint density at radius 2 is 1.82 bits per heavy atom. The van der Waals surface area contributed by atoms with Crippen molar-refractivity contribution in [1.29, 1.82) is 0 Å². The quantitative estimate of drug-likeness (QED) is 0.875. The van der Waals surface area contributed by atoms with E-state index in [1.807, 2.05) is 51.1 Å². The van der Waals surface area contributed by atoms with Crippen LogP contribution in [0.1, 0.15) is 25.5 Å². The maximum absolute atomic E-state index is 6.04. The highest BCUT2D eigenvalue weighted by Crippen LogP contribution is 2.15. The Morgan fingerprint density at radius 1 is 1.18 bits per heavy atom. The molecule has 0 bridgehead atoms. The molecule has 90 valence electrons. The number of hydrogen-bond acceptors (Lipinski definition) is 3. The number of nitrogens with two attached hydrogens (primary N) is 1. The maximum Gasteiger partial charge on any atom is 0.139 e. The minimum absolute atomic E-state index is 0.286. The average Bonchev–Trinajstić information content (AvgIpc) is 2.58. The molecule has 2 rings (SSSR count). The van der Waals surface area contributed by atoms with Gasteiger partial charge >= 0.3 is 0 Å². The van der Waals surface area contributed by atoms with E-state index in [-0.39, 0.29) is 5.54 Å². The van der Waals surface area contributed by atoms with Crippen molar-refractivity contribution in [2.24, 2.45) is 5.73 Å². The summed E-state index contributed by atoms with van der Waals surface area (Å²) in [4.78, 5) is 0. The smallest absolute Gasteiger partial charge is 0.139 e. The summed E-state index contributed by atoms with van der Waals surface area (Å²) in [5.41, 5.74) is 6.83. The third kappa shape index (κ3) is 2.71. The molecular formula is C13H18N4. The van der Waals surface area contributed by atoms with Crippen molar-refractivity contribution in [3.8, 4) is 5.69 Å². The number of rotatable bonds is 3. The van der Waals surface area contributed by atoms with Crippen LogP contribution in [0.5, 0.6) is 0 Å². The molecule has 0 saturated heterocycles. The molecule has 2 N–H and O–H groups in total. The Bertz CT molecular complexity index is 494. The van der Waals surface area contributed by atoms with E-state index in [0.29, 0.717) is 6.42 Å². The lowest BCUT2D eigenvalue weighted by Gasteiger charge is -2.18. The van der Waals surface area contributed by atoms with E-state index in [1.165, 1.54) is 0 Å². The third-order valence-electron chi connectivity index (χ3n) is 2.52. The van der Waals surface area contributed by atoms with Crippen molar-refractivity contribution >= 4 is 0 Å². The molecule has 0 aliphatic heterocycles. The highest BCUT2D eigenvalue weighted by molar-refractivity contribution is 5.34. The summed E-state index contributed by atoms with van der Waals surface area (Å²) in [6.45, 7) is 5.94. The Labute approximate surface area is 101 Å². The van der Waals surface area contributed by atoms with Crippen LogP contribution >= 0.6 is 0 Å². The Kier molecular flexibility index (Phi) is 2.98. The van der Waals surface area contributed by atoms with Crippen LogP contribution in [0.4, 0.5) is 0 Å². The van der Waals surface area contributed by atoms with Crippen LogP contribution in [-0.2, 0) is 6.42 Å². The first kappa shape index (κ1) is 11.8. The van der Waals surface area contributed by atoms with Gasteiger partial charge in [-0.1, -0.05) is 18.2 Å². The van der Waals surface area contributed by atoms with Crippen LogP contribution in [0.2, 0.25) is 0 Å². The Hall–Kier alpha value is -1.68. The van der Waals surface area contributed by atoms with Gasteiger partial charge in [-0.15, -0.1) is 10.2 Å². The first-order valence-electron chi connectivity index (χ1n) is 5.72. The van der Waals surface area contributed by atoms with Crippen LogP contribution in [-0.4, -0.2) is 20.3 Å². The van der Waals surface area contributed by atoms with Crippen molar-refractivity contribution in [3.63, 3.8) is 0 Å². The van der Waals surface area contributed by atoms with Crippen molar-refractivity contribution in [2.75, 3.05) is 0 Å². The SMILES string of the molecule is Cc1nnc(CC(C)(C)N)n1-c1ccccc1. The van der Waals surface area contributed by atoms with Crippen molar-refractivity contribution in [3.05, 3.63) is 42.0 Å². The average molecular weight is 230 g/mol. The molecule has 0 spiro atoms. The summed E-state index contributed by atoms with van der Waals surface area (Å²) >= 11 is 0. The number of aryl methyl sites for hydroxylation is 1. The first-order chi connectivity index (χ1) is 7.97. The van der Waals surface area contributed by atoms with Crippen LogP contribution < -0.4 is 5.73 Å². The number of benzene rings is 1. The van der Waals surface area contributed by atoms with Crippen molar-refractivity contribution in [2.45, 2.75) is 32.7 Å². The van der Waals surface area contributed by atoms with Gasteiger partial charge < -0.3 is 5.73 Å².